The summed E-state index contributed by atoms with van der Waals surface area (Å²) in [7, 11) is 0. The van der Waals surface area contributed by atoms with Crippen LogP contribution in [-0.2, 0) is 14.4 Å². The van der Waals surface area contributed by atoms with Crippen LogP contribution in [0.15, 0.2) is 24.3 Å². The molecule has 0 radical (unpaired) electrons. The Balaban J connectivity index is 1.75. The molecule has 3 rings (SSSR count). The van der Waals surface area contributed by atoms with E-state index < -0.39 is 29.8 Å². The molecular formula is C28H43N5O5. The normalized spacial score (nSPS) is 22.4. The fourth-order valence-electron chi connectivity index (χ4n) is 4.78. The molecule has 38 heavy (non-hydrogen) atoms. The minimum absolute atomic E-state index is 0.170. The van der Waals surface area contributed by atoms with Gasteiger partial charge in [-0.2, -0.15) is 0 Å². The summed E-state index contributed by atoms with van der Waals surface area (Å²) >= 11 is 0. The summed E-state index contributed by atoms with van der Waals surface area (Å²) in [6.45, 7) is 7.77. The smallest absolute Gasteiger partial charge is 0.255 e. The molecule has 1 aromatic carbocycles. The molecule has 10 nitrogen and oxygen atoms in total. The summed E-state index contributed by atoms with van der Waals surface area (Å²) < 4.78 is 5.82. The number of hydrogen-bond acceptors (Lipinski definition) is 6. The van der Waals surface area contributed by atoms with Crippen LogP contribution in [0.5, 0.6) is 5.75 Å². The van der Waals surface area contributed by atoms with Crippen LogP contribution >= 0.6 is 0 Å². The van der Waals surface area contributed by atoms with E-state index in [1.54, 1.807) is 24.3 Å². The Labute approximate surface area is 225 Å². The van der Waals surface area contributed by atoms with Gasteiger partial charge in [0.05, 0.1) is 18.6 Å². The standard InChI is InChI=1S/C28H43N5O5/c1-20(2)18-22-27(36)29-12-9-17-38-24-11-6-5-10-21(24)26(35)32-23(19-25(34)31-22)28(37)30-13-16-33-14-7-3-4-8-15-33/h5-6,10-11,20,22-23H,3-4,7-9,12-19H2,1-2H3,(H,29,36)(H,30,37)(H,31,34)(H,32,35)/t22-,23+/m1/s1. The van der Waals surface area contributed by atoms with Crippen molar-refractivity contribution in [3.05, 3.63) is 29.8 Å². The van der Waals surface area contributed by atoms with Crippen molar-refractivity contribution in [1.82, 2.24) is 26.2 Å². The number of carbonyl (C=O) groups excluding carboxylic acids is 4. The minimum atomic E-state index is -1.10. The van der Waals surface area contributed by atoms with Gasteiger partial charge >= 0.3 is 0 Å². The van der Waals surface area contributed by atoms with Crippen molar-refractivity contribution >= 4 is 23.6 Å². The Kier molecular flexibility index (Phi) is 11.9. The third-order valence-corrected chi connectivity index (χ3v) is 6.81. The van der Waals surface area contributed by atoms with Crippen molar-refractivity contribution in [2.45, 2.75) is 70.9 Å². The number of amides is 4. The molecule has 0 saturated carbocycles. The van der Waals surface area contributed by atoms with E-state index in [2.05, 4.69) is 26.2 Å². The van der Waals surface area contributed by atoms with E-state index in [0.717, 1.165) is 25.9 Å². The van der Waals surface area contributed by atoms with Gasteiger partial charge in [0.15, 0.2) is 0 Å². The Morgan fingerprint density at radius 2 is 1.79 bits per heavy atom. The number of rotatable bonds is 6. The summed E-state index contributed by atoms with van der Waals surface area (Å²) in [4.78, 5) is 54.6. The number of nitrogens with zero attached hydrogens (tertiary/aromatic N) is 1. The Bertz CT molecular complexity index is 945. The zero-order valence-corrected chi connectivity index (χ0v) is 22.7. The molecule has 0 aromatic heterocycles. The van der Waals surface area contributed by atoms with E-state index in [4.69, 9.17) is 4.74 Å². The van der Waals surface area contributed by atoms with Gasteiger partial charge in [-0.05, 0) is 56.8 Å². The molecule has 10 heteroatoms. The van der Waals surface area contributed by atoms with Crippen molar-refractivity contribution in [2.75, 3.05) is 39.3 Å². The molecule has 2 aliphatic heterocycles. The van der Waals surface area contributed by atoms with E-state index >= 15 is 0 Å². The molecule has 4 N–H and O–H groups in total. The summed E-state index contributed by atoms with van der Waals surface area (Å²) in [5.74, 6) is -1.12. The van der Waals surface area contributed by atoms with Gasteiger partial charge in [0.1, 0.15) is 17.8 Å². The third kappa shape index (κ3) is 9.63. The highest BCUT2D eigenvalue weighted by Crippen LogP contribution is 2.19. The van der Waals surface area contributed by atoms with Crippen LogP contribution < -0.4 is 26.0 Å². The van der Waals surface area contributed by atoms with Crippen LogP contribution in [-0.4, -0.2) is 79.9 Å². The van der Waals surface area contributed by atoms with Gasteiger partial charge in [-0.3, -0.25) is 19.2 Å². The van der Waals surface area contributed by atoms with E-state index in [-0.39, 0.29) is 23.8 Å². The first-order valence-corrected chi connectivity index (χ1v) is 13.9. The zero-order chi connectivity index (χ0) is 27.3. The lowest BCUT2D eigenvalue weighted by molar-refractivity contribution is -0.131. The number of carbonyl (C=O) groups is 4. The van der Waals surface area contributed by atoms with Gasteiger partial charge < -0.3 is 30.9 Å². The first-order chi connectivity index (χ1) is 18.3. The Morgan fingerprint density at radius 3 is 2.53 bits per heavy atom. The Hall–Kier alpha value is -3.14. The van der Waals surface area contributed by atoms with Crippen molar-refractivity contribution in [1.29, 1.82) is 0 Å². The monoisotopic (exact) mass is 529 g/mol. The van der Waals surface area contributed by atoms with Crippen LogP contribution in [0, 0.1) is 5.92 Å². The van der Waals surface area contributed by atoms with Crippen LogP contribution in [0.1, 0.15) is 69.2 Å². The van der Waals surface area contributed by atoms with E-state index in [0.29, 0.717) is 44.8 Å². The molecular weight excluding hydrogens is 486 g/mol. The first kappa shape index (κ1) is 29.4. The molecule has 0 spiro atoms. The van der Waals surface area contributed by atoms with Gasteiger partial charge in [0.25, 0.3) is 5.91 Å². The number of likely N-dealkylation sites (tertiary alicyclic amines) is 1. The molecule has 2 heterocycles. The predicted octanol–water partition coefficient (Wildman–Crippen LogP) is 1.60. The Morgan fingerprint density at radius 1 is 1.05 bits per heavy atom. The van der Waals surface area contributed by atoms with Gasteiger partial charge in [-0.1, -0.05) is 38.8 Å². The molecule has 2 atom stereocenters. The molecule has 2 aliphatic rings. The molecule has 1 saturated heterocycles. The third-order valence-electron chi connectivity index (χ3n) is 6.81. The fraction of sp³-hybridized carbons (Fsp3) is 0.643. The second-order valence-electron chi connectivity index (χ2n) is 10.5. The maximum absolute atomic E-state index is 13.2. The molecule has 0 bridgehead atoms. The average Bonchev–Trinajstić information content (AvgIpc) is 3.16. The van der Waals surface area contributed by atoms with E-state index in [1.165, 1.54) is 12.8 Å². The van der Waals surface area contributed by atoms with E-state index in [1.807, 2.05) is 13.8 Å². The van der Waals surface area contributed by atoms with Crippen molar-refractivity contribution in [3.63, 3.8) is 0 Å². The van der Waals surface area contributed by atoms with Crippen molar-refractivity contribution in [3.8, 4) is 5.75 Å². The summed E-state index contributed by atoms with van der Waals surface area (Å²) in [6, 6.07) is 4.96. The fourth-order valence-corrected chi connectivity index (χ4v) is 4.78. The number of para-hydroxylation sites is 1. The van der Waals surface area contributed by atoms with Crippen molar-refractivity contribution in [2.24, 2.45) is 5.92 Å². The van der Waals surface area contributed by atoms with Gasteiger partial charge in [-0.15, -0.1) is 0 Å². The maximum atomic E-state index is 13.2. The van der Waals surface area contributed by atoms with E-state index in [9.17, 15) is 19.2 Å². The summed E-state index contributed by atoms with van der Waals surface area (Å²) in [5, 5.41) is 11.3. The lowest BCUT2D eigenvalue weighted by atomic mass is 10.0. The van der Waals surface area contributed by atoms with Gasteiger partial charge in [0, 0.05) is 19.6 Å². The zero-order valence-electron chi connectivity index (χ0n) is 22.7. The van der Waals surface area contributed by atoms with Gasteiger partial charge in [0.2, 0.25) is 17.7 Å². The van der Waals surface area contributed by atoms with Crippen LogP contribution in [0.3, 0.4) is 0 Å². The maximum Gasteiger partial charge on any atom is 0.255 e. The summed E-state index contributed by atoms with van der Waals surface area (Å²) in [6.07, 6.45) is 5.47. The van der Waals surface area contributed by atoms with Crippen LogP contribution in [0.4, 0.5) is 0 Å². The average molecular weight is 530 g/mol. The number of benzene rings is 1. The van der Waals surface area contributed by atoms with Crippen LogP contribution in [0.25, 0.3) is 0 Å². The number of nitrogens with one attached hydrogen (secondary N) is 4. The quantitative estimate of drug-likeness (QED) is 0.443. The molecule has 210 valence electrons. The van der Waals surface area contributed by atoms with Crippen molar-refractivity contribution < 1.29 is 23.9 Å². The second-order valence-corrected chi connectivity index (χ2v) is 10.5. The topological polar surface area (TPSA) is 129 Å². The number of ether oxygens (including phenoxy) is 1. The number of hydrogen-bond donors (Lipinski definition) is 4. The lowest BCUT2D eigenvalue weighted by Gasteiger charge is -2.23. The largest absolute Gasteiger partial charge is 0.493 e. The molecule has 0 unspecified atom stereocenters. The first-order valence-electron chi connectivity index (χ1n) is 13.9. The number of fused-ring (bicyclic) bond motifs is 1. The van der Waals surface area contributed by atoms with Crippen LogP contribution in [0.2, 0.25) is 0 Å². The highest BCUT2D eigenvalue weighted by atomic mass is 16.5. The summed E-state index contributed by atoms with van der Waals surface area (Å²) in [5.41, 5.74) is 0.284. The minimum Gasteiger partial charge on any atom is -0.493 e. The molecule has 4 amide bonds. The lowest BCUT2D eigenvalue weighted by Crippen LogP contribution is -2.52. The molecule has 1 fully saturated rings. The highest BCUT2D eigenvalue weighted by molar-refractivity contribution is 6.01. The molecule has 1 aromatic rings. The second kappa shape index (κ2) is 15.3. The SMILES string of the molecule is CC(C)C[C@H]1NC(=O)C[C@@H](C(=O)NCCN2CCCCCC2)NC(=O)c2ccccc2OCCCNC1=O. The molecule has 0 aliphatic carbocycles. The van der Waals surface area contributed by atoms with Gasteiger partial charge in [-0.25, -0.2) is 0 Å². The highest BCUT2D eigenvalue weighted by Gasteiger charge is 2.28. The predicted molar refractivity (Wildman–Crippen MR) is 145 cm³/mol.